The molecule has 2 atom stereocenters. The summed E-state index contributed by atoms with van der Waals surface area (Å²) in [6, 6.07) is 7.60. The van der Waals surface area contributed by atoms with E-state index in [9.17, 15) is 0 Å². The summed E-state index contributed by atoms with van der Waals surface area (Å²) in [7, 11) is 4.34. The molecule has 1 heterocycles. The number of hydrogen-bond donors (Lipinski definition) is 1. The number of hydrogen-bond acceptors (Lipinski definition) is 3. The van der Waals surface area contributed by atoms with Crippen molar-refractivity contribution in [2.45, 2.75) is 32.4 Å². The first-order chi connectivity index (χ1) is 9.04. The molecule has 0 aliphatic carbocycles. The highest BCUT2D eigenvalue weighted by Gasteiger charge is 2.30. The van der Waals surface area contributed by atoms with Crippen LogP contribution in [0, 0.1) is 13.8 Å². The van der Waals surface area contributed by atoms with E-state index in [2.05, 4.69) is 55.9 Å². The Bertz CT molecular complexity index is 428. The van der Waals surface area contributed by atoms with Crippen molar-refractivity contribution in [3.8, 4) is 0 Å². The molecule has 106 valence electrons. The molecule has 0 bridgehead atoms. The largest absolute Gasteiger partial charge is 0.329 e. The molecule has 0 radical (unpaired) electrons. The first-order valence-electron chi connectivity index (χ1n) is 7.21. The number of nitrogens with zero attached hydrogens (tertiary/aromatic N) is 2. The van der Waals surface area contributed by atoms with Crippen LogP contribution in [0.25, 0.3) is 0 Å². The Labute approximate surface area is 117 Å². The van der Waals surface area contributed by atoms with E-state index in [1.165, 1.54) is 23.1 Å². The lowest BCUT2D eigenvalue weighted by molar-refractivity contribution is 0.220. The van der Waals surface area contributed by atoms with Crippen LogP contribution >= 0.6 is 0 Å². The molecule has 0 spiro atoms. The van der Waals surface area contributed by atoms with Gasteiger partial charge in [-0.3, -0.25) is 4.90 Å². The van der Waals surface area contributed by atoms with Crippen molar-refractivity contribution >= 4 is 0 Å². The van der Waals surface area contributed by atoms with Crippen molar-refractivity contribution in [1.29, 1.82) is 0 Å². The smallest absolute Gasteiger partial charge is 0.0473 e. The molecule has 1 aromatic rings. The lowest BCUT2D eigenvalue weighted by atomic mass is 9.96. The second kappa shape index (κ2) is 6.04. The lowest BCUT2D eigenvalue weighted by Crippen LogP contribution is -2.36. The van der Waals surface area contributed by atoms with Crippen molar-refractivity contribution in [2.24, 2.45) is 5.73 Å². The normalized spacial score (nSPS) is 22.1. The number of benzene rings is 1. The Morgan fingerprint density at radius 2 is 2.11 bits per heavy atom. The van der Waals surface area contributed by atoms with Gasteiger partial charge in [-0.1, -0.05) is 18.2 Å². The minimum absolute atomic E-state index is 0.366. The zero-order chi connectivity index (χ0) is 14.0. The molecule has 1 aliphatic heterocycles. The van der Waals surface area contributed by atoms with E-state index in [-0.39, 0.29) is 0 Å². The Kier molecular flexibility index (Phi) is 4.61. The van der Waals surface area contributed by atoms with Crippen molar-refractivity contribution < 1.29 is 0 Å². The van der Waals surface area contributed by atoms with E-state index in [0.29, 0.717) is 18.6 Å². The molecule has 3 heteroatoms. The van der Waals surface area contributed by atoms with Crippen LogP contribution in [0.4, 0.5) is 0 Å². The number of rotatable bonds is 4. The summed E-state index contributed by atoms with van der Waals surface area (Å²) in [6.45, 7) is 7.37. The maximum Gasteiger partial charge on any atom is 0.0473 e. The molecule has 3 nitrogen and oxygen atoms in total. The van der Waals surface area contributed by atoms with Crippen LogP contribution in [0.3, 0.4) is 0 Å². The first-order valence-corrected chi connectivity index (χ1v) is 7.21. The summed E-state index contributed by atoms with van der Waals surface area (Å²) in [6.07, 6.45) is 1.24. The number of likely N-dealkylation sites (N-methyl/N-ethyl adjacent to an activating group) is 1. The fraction of sp³-hybridized carbons (Fsp3) is 0.625. The average Bonchev–Trinajstić information content (AvgIpc) is 2.85. The molecule has 0 aromatic heterocycles. The van der Waals surface area contributed by atoms with Gasteiger partial charge in [-0.2, -0.15) is 0 Å². The fourth-order valence-corrected chi connectivity index (χ4v) is 3.08. The number of aryl methyl sites for hydroxylation is 1. The van der Waals surface area contributed by atoms with Crippen molar-refractivity contribution in [3.63, 3.8) is 0 Å². The average molecular weight is 261 g/mol. The van der Waals surface area contributed by atoms with Gasteiger partial charge in [-0.05, 0) is 51.1 Å². The molecule has 1 fully saturated rings. The third-order valence-corrected chi connectivity index (χ3v) is 4.59. The summed E-state index contributed by atoms with van der Waals surface area (Å²) in [5, 5.41) is 0. The van der Waals surface area contributed by atoms with Gasteiger partial charge in [0.25, 0.3) is 0 Å². The predicted molar refractivity (Wildman–Crippen MR) is 81.4 cm³/mol. The molecule has 0 amide bonds. The molecule has 0 saturated carbocycles. The molecule has 1 aliphatic rings. The molecular weight excluding hydrogens is 234 g/mol. The number of nitrogens with two attached hydrogens (primary N) is 1. The zero-order valence-electron chi connectivity index (χ0n) is 12.7. The van der Waals surface area contributed by atoms with Crippen LogP contribution in [0.15, 0.2) is 18.2 Å². The fourth-order valence-electron chi connectivity index (χ4n) is 3.08. The first kappa shape index (κ1) is 14.5. The Morgan fingerprint density at radius 3 is 2.68 bits per heavy atom. The van der Waals surface area contributed by atoms with Gasteiger partial charge in [-0.15, -0.1) is 0 Å². The Hall–Kier alpha value is -0.900. The third kappa shape index (κ3) is 2.99. The summed E-state index contributed by atoms with van der Waals surface area (Å²) >= 11 is 0. The highest BCUT2D eigenvalue weighted by atomic mass is 15.2. The highest BCUT2D eigenvalue weighted by Crippen LogP contribution is 2.28. The van der Waals surface area contributed by atoms with E-state index < -0.39 is 0 Å². The van der Waals surface area contributed by atoms with Gasteiger partial charge < -0.3 is 10.6 Å². The predicted octanol–water partition coefficient (Wildman–Crippen LogP) is 1.94. The molecule has 2 unspecified atom stereocenters. The summed E-state index contributed by atoms with van der Waals surface area (Å²) in [5.74, 6) is 0. The van der Waals surface area contributed by atoms with Gasteiger partial charge >= 0.3 is 0 Å². The Balaban J connectivity index is 2.19. The minimum atomic E-state index is 0.366. The Morgan fingerprint density at radius 1 is 1.37 bits per heavy atom. The van der Waals surface area contributed by atoms with Gasteiger partial charge in [0.1, 0.15) is 0 Å². The molecule has 1 aromatic carbocycles. The quantitative estimate of drug-likeness (QED) is 0.899. The van der Waals surface area contributed by atoms with Gasteiger partial charge in [0.05, 0.1) is 0 Å². The van der Waals surface area contributed by atoms with E-state index >= 15 is 0 Å². The molecular formula is C16H27N3. The zero-order valence-corrected chi connectivity index (χ0v) is 12.7. The van der Waals surface area contributed by atoms with Crippen LogP contribution < -0.4 is 5.73 Å². The van der Waals surface area contributed by atoms with E-state index in [1.54, 1.807) is 0 Å². The third-order valence-electron chi connectivity index (χ3n) is 4.59. The van der Waals surface area contributed by atoms with E-state index in [1.807, 2.05) is 0 Å². The van der Waals surface area contributed by atoms with Crippen LogP contribution in [-0.4, -0.2) is 49.6 Å². The monoisotopic (exact) mass is 261 g/mol. The lowest BCUT2D eigenvalue weighted by Gasteiger charge is -2.29. The SMILES string of the molecule is Cc1cccc(C(CN)N2CCC(N(C)C)C2)c1C. The summed E-state index contributed by atoms with van der Waals surface area (Å²) < 4.78 is 0. The molecule has 2 N–H and O–H groups in total. The van der Waals surface area contributed by atoms with Crippen molar-refractivity contribution in [3.05, 3.63) is 34.9 Å². The molecule has 19 heavy (non-hydrogen) atoms. The van der Waals surface area contributed by atoms with E-state index in [4.69, 9.17) is 5.73 Å². The topological polar surface area (TPSA) is 32.5 Å². The van der Waals surface area contributed by atoms with Crippen molar-refractivity contribution in [1.82, 2.24) is 9.80 Å². The van der Waals surface area contributed by atoms with Gasteiger partial charge in [0, 0.05) is 31.7 Å². The van der Waals surface area contributed by atoms with Crippen LogP contribution in [0.5, 0.6) is 0 Å². The standard InChI is InChI=1S/C16H27N3/c1-12-6-5-7-15(13(12)2)16(10-17)19-9-8-14(11-19)18(3)4/h5-7,14,16H,8-11,17H2,1-4H3. The molecule has 2 rings (SSSR count). The second-order valence-corrected chi connectivity index (χ2v) is 5.94. The maximum atomic E-state index is 6.07. The number of likely N-dealkylation sites (tertiary alicyclic amines) is 1. The van der Waals surface area contributed by atoms with Gasteiger partial charge in [-0.25, -0.2) is 0 Å². The van der Waals surface area contributed by atoms with Crippen LogP contribution in [-0.2, 0) is 0 Å². The summed E-state index contributed by atoms with van der Waals surface area (Å²) in [5.41, 5.74) is 10.2. The van der Waals surface area contributed by atoms with E-state index in [0.717, 1.165) is 13.1 Å². The van der Waals surface area contributed by atoms with Crippen LogP contribution in [0.2, 0.25) is 0 Å². The van der Waals surface area contributed by atoms with Crippen molar-refractivity contribution in [2.75, 3.05) is 33.7 Å². The highest BCUT2D eigenvalue weighted by molar-refractivity contribution is 5.35. The summed E-state index contributed by atoms with van der Waals surface area (Å²) in [4.78, 5) is 4.88. The van der Waals surface area contributed by atoms with Crippen LogP contribution in [0.1, 0.15) is 29.2 Å². The second-order valence-electron chi connectivity index (χ2n) is 5.94. The van der Waals surface area contributed by atoms with Gasteiger partial charge in [0.2, 0.25) is 0 Å². The molecule has 1 saturated heterocycles. The maximum absolute atomic E-state index is 6.07. The van der Waals surface area contributed by atoms with Gasteiger partial charge in [0.15, 0.2) is 0 Å². The minimum Gasteiger partial charge on any atom is -0.329 e.